The first kappa shape index (κ1) is 12.5. The molecular formula is C8H13BO6P-. The van der Waals surface area contributed by atoms with E-state index >= 15 is 0 Å². The Morgan fingerprint density at radius 2 is 2.06 bits per heavy atom. The van der Waals surface area contributed by atoms with Crippen LogP contribution in [-0.4, -0.2) is 44.9 Å². The molecule has 2 unspecified atom stereocenters. The van der Waals surface area contributed by atoms with E-state index in [-0.39, 0.29) is 12.7 Å². The first-order valence-corrected chi connectivity index (χ1v) is 6.55. The highest BCUT2D eigenvalue weighted by Crippen LogP contribution is 2.53. The minimum atomic E-state index is -4.21. The fraction of sp³-hybridized carbons (Fsp3) is 1.00. The van der Waals surface area contributed by atoms with E-state index in [1.165, 1.54) is 0 Å². The van der Waals surface area contributed by atoms with Crippen LogP contribution in [0.15, 0.2) is 0 Å². The third-order valence-electron chi connectivity index (χ3n) is 2.44. The van der Waals surface area contributed by atoms with Crippen molar-refractivity contribution in [3.63, 3.8) is 0 Å². The average Bonchev–Trinajstić information content (AvgIpc) is 2.59. The van der Waals surface area contributed by atoms with Crippen LogP contribution in [0.2, 0.25) is 0 Å². The minimum Gasteiger partial charge on any atom is -0.756 e. The quantitative estimate of drug-likeness (QED) is 0.496. The highest BCUT2D eigenvalue weighted by Gasteiger charge is 2.51. The molecule has 16 heavy (non-hydrogen) atoms. The van der Waals surface area contributed by atoms with Gasteiger partial charge in [-0.2, -0.15) is 0 Å². The smallest absolute Gasteiger partial charge is 0.268 e. The summed E-state index contributed by atoms with van der Waals surface area (Å²) in [6.07, 6.45) is -1.94. The van der Waals surface area contributed by atoms with Crippen LogP contribution in [0.3, 0.4) is 0 Å². The van der Waals surface area contributed by atoms with Crippen LogP contribution in [0.25, 0.3) is 0 Å². The van der Waals surface area contributed by atoms with Crippen molar-refractivity contribution in [1.29, 1.82) is 0 Å². The van der Waals surface area contributed by atoms with Crippen LogP contribution in [0.4, 0.5) is 0 Å². The first-order valence-electron chi connectivity index (χ1n) is 5.09. The molecule has 2 radical (unpaired) electrons. The normalized spacial score (nSPS) is 47.5. The van der Waals surface area contributed by atoms with Crippen LogP contribution < -0.4 is 4.89 Å². The Kier molecular flexibility index (Phi) is 3.45. The lowest BCUT2D eigenvalue weighted by Gasteiger charge is -2.21. The van der Waals surface area contributed by atoms with E-state index in [2.05, 4.69) is 0 Å². The van der Waals surface area contributed by atoms with Gasteiger partial charge in [-0.3, -0.25) is 4.57 Å². The van der Waals surface area contributed by atoms with Crippen molar-refractivity contribution in [2.24, 2.45) is 0 Å². The Labute approximate surface area is 95.2 Å². The molecule has 6 nitrogen and oxygen atoms in total. The monoisotopic (exact) mass is 247 g/mol. The van der Waals surface area contributed by atoms with Gasteiger partial charge in [-0.15, -0.1) is 0 Å². The van der Waals surface area contributed by atoms with Gasteiger partial charge in [-0.25, -0.2) is 0 Å². The molecule has 0 spiro atoms. The fourth-order valence-corrected chi connectivity index (χ4v) is 2.89. The summed E-state index contributed by atoms with van der Waals surface area (Å²) in [5.74, 6) is 0. The molecule has 0 bridgehead atoms. The Balaban J connectivity index is 1.99. The molecule has 0 aromatic rings. The second-order valence-corrected chi connectivity index (χ2v) is 5.42. The summed E-state index contributed by atoms with van der Waals surface area (Å²) in [6.45, 7) is 3.98. The van der Waals surface area contributed by atoms with E-state index in [0.717, 1.165) is 0 Å². The van der Waals surface area contributed by atoms with E-state index in [0.29, 0.717) is 0 Å². The van der Waals surface area contributed by atoms with Crippen molar-refractivity contribution in [2.75, 3.05) is 6.61 Å². The van der Waals surface area contributed by atoms with E-state index < -0.39 is 32.1 Å². The zero-order valence-electron chi connectivity index (χ0n) is 9.07. The predicted molar refractivity (Wildman–Crippen MR) is 52.9 cm³/mol. The highest BCUT2D eigenvalue weighted by atomic mass is 31.2. The lowest BCUT2D eigenvalue weighted by atomic mass is 9.93. The number of ether oxygens (including phenoxy) is 2. The van der Waals surface area contributed by atoms with Crippen LogP contribution in [0.1, 0.15) is 13.8 Å². The van der Waals surface area contributed by atoms with Crippen molar-refractivity contribution in [3.8, 4) is 0 Å². The molecule has 2 aliphatic rings. The lowest BCUT2D eigenvalue weighted by molar-refractivity contribution is -0.220. The lowest BCUT2D eigenvalue weighted by Crippen LogP contribution is -2.32. The number of phosphoric ester groups is 1. The van der Waals surface area contributed by atoms with Crippen LogP contribution in [0, 0.1) is 0 Å². The van der Waals surface area contributed by atoms with E-state index in [4.69, 9.17) is 26.4 Å². The molecular weight excluding hydrogens is 234 g/mol. The van der Waals surface area contributed by atoms with Gasteiger partial charge in [0.1, 0.15) is 26.2 Å². The third-order valence-corrected chi connectivity index (χ3v) is 3.44. The second kappa shape index (κ2) is 4.40. The maximum atomic E-state index is 11.1. The summed E-state index contributed by atoms with van der Waals surface area (Å²) in [6, 6.07) is -0.796. The number of hydrogen-bond donors (Lipinski definition) is 0. The molecule has 0 aromatic carbocycles. The van der Waals surface area contributed by atoms with Gasteiger partial charge in [0, 0.05) is 6.00 Å². The molecule has 0 saturated carbocycles. The number of rotatable bonds is 3. The molecule has 5 atom stereocenters. The molecule has 2 rings (SSSR count). The van der Waals surface area contributed by atoms with Gasteiger partial charge in [0.2, 0.25) is 0 Å². The van der Waals surface area contributed by atoms with Crippen LogP contribution in [-0.2, 0) is 23.1 Å². The SMILES string of the molecule is [B][C@@H]1O[C@H](COC(C)C)[C@@H]2OP(=O)([O-])OC12. The Morgan fingerprint density at radius 1 is 1.44 bits per heavy atom. The van der Waals surface area contributed by atoms with Gasteiger partial charge in [-0.1, -0.05) is 0 Å². The van der Waals surface area contributed by atoms with Gasteiger partial charge in [0.15, 0.2) is 0 Å². The number of phosphoric acid groups is 1. The molecule has 0 amide bonds. The van der Waals surface area contributed by atoms with Crippen molar-refractivity contribution < 1.29 is 28.0 Å². The summed E-state index contributed by atoms with van der Waals surface area (Å²) in [5, 5.41) is 0. The second-order valence-electron chi connectivity index (χ2n) is 4.11. The van der Waals surface area contributed by atoms with Gasteiger partial charge in [-0.05, 0) is 13.8 Å². The molecule has 2 fully saturated rings. The molecule has 0 N–H and O–H groups in total. The average molecular weight is 247 g/mol. The van der Waals surface area contributed by atoms with Gasteiger partial charge >= 0.3 is 0 Å². The van der Waals surface area contributed by atoms with Crippen molar-refractivity contribution in [3.05, 3.63) is 0 Å². The summed E-state index contributed by atoms with van der Waals surface area (Å²) in [4.78, 5) is 11.1. The molecule has 2 saturated heterocycles. The number of fused-ring (bicyclic) bond motifs is 1. The highest BCUT2D eigenvalue weighted by molar-refractivity contribution is 7.46. The first-order chi connectivity index (χ1) is 7.39. The van der Waals surface area contributed by atoms with Crippen molar-refractivity contribution in [2.45, 2.75) is 44.3 Å². The van der Waals surface area contributed by atoms with Gasteiger partial charge in [0.25, 0.3) is 7.82 Å². The van der Waals surface area contributed by atoms with E-state index in [1.807, 2.05) is 13.8 Å². The molecule has 8 heteroatoms. The third kappa shape index (κ3) is 2.50. The maximum absolute atomic E-state index is 11.1. The predicted octanol–water partition coefficient (Wildman–Crippen LogP) is -0.443. The topological polar surface area (TPSA) is 77.1 Å². The maximum Gasteiger partial charge on any atom is 0.268 e. The Hall–Kier alpha value is 0.0949. The molecule has 2 aliphatic heterocycles. The Morgan fingerprint density at radius 3 is 2.69 bits per heavy atom. The zero-order valence-corrected chi connectivity index (χ0v) is 9.96. The van der Waals surface area contributed by atoms with Crippen molar-refractivity contribution in [1.82, 2.24) is 0 Å². The molecule has 0 aliphatic carbocycles. The standard InChI is InChI=1S/C8H14BO6P/c1-4(2)12-3-5-6-7(8(9)13-5)15-16(10,11)14-6/h4-8H,3H2,1-2H3,(H,10,11)/p-1/t5-,6+,7?,8-/m1/s1. The zero-order chi connectivity index (χ0) is 11.9. The number of hydrogen-bond acceptors (Lipinski definition) is 6. The summed E-state index contributed by atoms with van der Waals surface area (Å²) < 4.78 is 31.2. The fourth-order valence-electron chi connectivity index (χ4n) is 1.75. The van der Waals surface area contributed by atoms with E-state index in [9.17, 15) is 9.46 Å². The largest absolute Gasteiger partial charge is 0.756 e. The van der Waals surface area contributed by atoms with Crippen molar-refractivity contribution >= 4 is 15.7 Å². The summed E-state index contributed by atoms with van der Waals surface area (Å²) in [5.41, 5.74) is 0. The molecule has 0 aromatic heterocycles. The van der Waals surface area contributed by atoms with Gasteiger partial charge < -0.3 is 23.4 Å². The Bertz CT molecular complexity index is 311. The molecule has 90 valence electrons. The molecule has 2 heterocycles. The van der Waals surface area contributed by atoms with E-state index in [1.54, 1.807) is 0 Å². The minimum absolute atomic E-state index is 0.0280. The summed E-state index contributed by atoms with van der Waals surface area (Å²) in [7, 11) is 1.39. The van der Waals surface area contributed by atoms with Crippen LogP contribution >= 0.6 is 7.82 Å². The van der Waals surface area contributed by atoms with Gasteiger partial charge in [0.05, 0.1) is 12.7 Å². The van der Waals surface area contributed by atoms with Crippen LogP contribution in [0.5, 0.6) is 0 Å². The summed E-state index contributed by atoms with van der Waals surface area (Å²) >= 11 is 0.